The summed E-state index contributed by atoms with van der Waals surface area (Å²) in [6.07, 6.45) is 5.96. The van der Waals surface area contributed by atoms with Crippen LogP contribution < -0.4 is 4.90 Å². The third kappa shape index (κ3) is 3.77. The zero-order valence-corrected chi connectivity index (χ0v) is 13.0. The highest BCUT2D eigenvalue weighted by atomic mass is 32.1. The molecule has 2 rings (SSSR count). The van der Waals surface area contributed by atoms with E-state index < -0.39 is 0 Å². The van der Waals surface area contributed by atoms with Crippen molar-refractivity contribution in [3.8, 4) is 0 Å². The molecule has 0 aliphatic heterocycles. The lowest BCUT2D eigenvalue weighted by atomic mass is 9.86. The smallest absolute Gasteiger partial charge is 0.242 e. The van der Waals surface area contributed by atoms with Crippen LogP contribution >= 0.6 is 11.3 Å². The second kappa shape index (κ2) is 7.15. The Bertz CT molecular complexity index is 416. The van der Waals surface area contributed by atoms with Gasteiger partial charge in [-0.3, -0.25) is 14.6 Å². The maximum Gasteiger partial charge on any atom is 0.242 e. The quantitative estimate of drug-likeness (QED) is 0.896. The number of nitrogens with zero attached hydrogens (tertiary/aromatic N) is 3. The Morgan fingerprint density at radius 2 is 2.10 bits per heavy atom. The lowest BCUT2D eigenvalue weighted by molar-refractivity contribution is -0.119. The van der Waals surface area contributed by atoms with E-state index in [2.05, 4.69) is 9.88 Å². The number of carbonyl (C=O) groups is 1. The van der Waals surface area contributed by atoms with Crippen molar-refractivity contribution in [1.29, 1.82) is 0 Å². The summed E-state index contributed by atoms with van der Waals surface area (Å²) in [5, 5.41) is 11.8. The van der Waals surface area contributed by atoms with E-state index in [9.17, 15) is 4.79 Å². The largest absolute Gasteiger partial charge is 0.396 e. The summed E-state index contributed by atoms with van der Waals surface area (Å²) >= 11 is 1.47. The van der Waals surface area contributed by atoms with Crippen LogP contribution in [0.1, 0.15) is 25.7 Å². The van der Waals surface area contributed by atoms with Crippen molar-refractivity contribution >= 4 is 22.4 Å². The molecule has 0 radical (unpaired) electrons. The number of thiazole rings is 1. The molecule has 1 N–H and O–H groups in total. The molecule has 1 fully saturated rings. The molecule has 1 aromatic rings. The monoisotopic (exact) mass is 297 g/mol. The number of hydrogen-bond acceptors (Lipinski definition) is 5. The van der Waals surface area contributed by atoms with E-state index >= 15 is 0 Å². The number of aliphatic hydroxyl groups excluding tert-OH is 1. The summed E-state index contributed by atoms with van der Waals surface area (Å²) in [4.78, 5) is 20.1. The first-order valence-corrected chi connectivity index (χ1v) is 7.97. The average molecular weight is 297 g/mol. The van der Waals surface area contributed by atoms with Crippen LogP contribution in [0.5, 0.6) is 0 Å². The third-order valence-electron chi connectivity index (χ3n) is 4.16. The van der Waals surface area contributed by atoms with Crippen LogP contribution in [0.15, 0.2) is 11.6 Å². The minimum Gasteiger partial charge on any atom is -0.396 e. The molecule has 0 saturated heterocycles. The van der Waals surface area contributed by atoms with Gasteiger partial charge in [0, 0.05) is 31.3 Å². The molecule has 1 aliphatic rings. The molecule has 0 atom stereocenters. The maximum absolute atomic E-state index is 12.2. The lowest BCUT2D eigenvalue weighted by Crippen LogP contribution is -2.43. The Labute approximate surface area is 124 Å². The Hall–Kier alpha value is -0.980. The highest BCUT2D eigenvalue weighted by molar-refractivity contribution is 7.13. The van der Waals surface area contributed by atoms with E-state index in [0.717, 1.165) is 30.8 Å². The molecular formula is C14H23N3O2S. The molecule has 0 spiro atoms. The molecule has 1 amide bonds. The summed E-state index contributed by atoms with van der Waals surface area (Å²) in [5.41, 5.74) is 0. The van der Waals surface area contributed by atoms with Crippen molar-refractivity contribution in [2.45, 2.75) is 31.7 Å². The van der Waals surface area contributed by atoms with Crippen LogP contribution in [-0.4, -0.2) is 54.2 Å². The van der Waals surface area contributed by atoms with E-state index in [1.54, 1.807) is 18.1 Å². The predicted octanol–water partition coefficient (Wildman–Crippen LogP) is 1.59. The molecule has 6 heteroatoms. The molecule has 20 heavy (non-hydrogen) atoms. The zero-order chi connectivity index (χ0) is 14.5. The number of rotatable bonds is 5. The number of likely N-dealkylation sites (N-methyl/N-ethyl adjacent to an activating group) is 2. The van der Waals surface area contributed by atoms with Crippen molar-refractivity contribution in [3.05, 3.63) is 11.6 Å². The molecule has 0 aromatic carbocycles. The fourth-order valence-corrected chi connectivity index (χ4v) is 3.33. The number of carbonyl (C=O) groups excluding carboxylic acids is 1. The molecule has 1 saturated carbocycles. The van der Waals surface area contributed by atoms with E-state index in [0.29, 0.717) is 25.1 Å². The first kappa shape index (κ1) is 15.4. The summed E-state index contributed by atoms with van der Waals surface area (Å²) in [7, 11) is 3.79. The molecule has 1 heterocycles. The lowest BCUT2D eigenvalue weighted by Gasteiger charge is -2.34. The average Bonchev–Trinajstić information content (AvgIpc) is 3.00. The Morgan fingerprint density at radius 1 is 1.40 bits per heavy atom. The number of anilines is 1. The number of aliphatic hydroxyl groups is 1. The molecule has 5 nitrogen and oxygen atoms in total. The maximum atomic E-state index is 12.2. The van der Waals surface area contributed by atoms with Gasteiger partial charge in [0.2, 0.25) is 5.91 Å². The van der Waals surface area contributed by atoms with Gasteiger partial charge in [0.1, 0.15) is 0 Å². The van der Waals surface area contributed by atoms with Gasteiger partial charge in [-0.25, -0.2) is 4.98 Å². The van der Waals surface area contributed by atoms with Crippen LogP contribution in [0.4, 0.5) is 5.13 Å². The fourth-order valence-electron chi connectivity index (χ4n) is 2.70. The second-order valence-corrected chi connectivity index (χ2v) is 6.41. The van der Waals surface area contributed by atoms with Crippen LogP contribution in [-0.2, 0) is 4.79 Å². The van der Waals surface area contributed by atoms with Crippen molar-refractivity contribution in [2.75, 3.05) is 32.1 Å². The second-order valence-electron chi connectivity index (χ2n) is 5.54. The molecule has 1 aromatic heterocycles. The Morgan fingerprint density at radius 3 is 2.65 bits per heavy atom. The first-order valence-electron chi connectivity index (χ1n) is 7.09. The summed E-state index contributed by atoms with van der Waals surface area (Å²) in [5.74, 6) is 0.528. The first-order chi connectivity index (χ1) is 9.61. The van der Waals surface area contributed by atoms with Gasteiger partial charge in [0.15, 0.2) is 5.13 Å². The summed E-state index contributed by atoms with van der Waals surface area (Å²) < 4.78 is 0. The van der Waals surface area contributed by atoms with Gasteiger partial charge in [-0.1, -0.05) is 0 Å². The van der Waals surface area contributed by atoms with Gasteiger partial charge in [0.05, 0.1) is 6.54 Å². The standard InChI is InChI=1S/C14H23N3O2S/c1-16(12-5-3-11(10-18)4-6-12)9-13(19)17(2)14-15-7-8-20-14/h7-8,11-12,18H,3-6,9-10H2,1-2H3. The molecule has 112 valence electrons. The SMILES string of the molecule is CN(C(=O)CN(C)C1CCC(CO)CC1)c1nccs1. The topological polar surface area (TPSA) is 56.7 Å². The van der Waals surface area contributed by atoms with E-state index in [-0.39, 0.29) is 5.91 Å². The third-order valence-corrected chi connectivity index (χ3v) is 5.01. The number of aromatic nitrogens is 1. The van der Waals surface area contributed by atoms with E-state index in [1.807, 2.05) is 12.4 Å². The number of amides is 1. The highest BCUT2D eigenvalue weighted by Crippen LogP contribution is 2.26. The summed E-state index contributed by atoms with van der Waals surface area (Å²) in [6, 6.07) is 0.450. The van der Waals surface area contributed by atoms with Crippen molar-refractivity contribution in [2.24, 2.45) is 5.92 Å². The van der Waals surface area contributed by atoms with Crippen molar-refractivity contribution < 1.29 is 9.90 Å². The Kier molecular flexibility index (Phi) is 5.51. The molecule has 0 bridgehead atoms. The van der Waals surface area contributed by atoms with Crippen molar-refractivity contribution in [1.82, 2.24) is 9.88 Å². The van der Waals surface area contributed by atoms with Gasteiger partial charge in [-0.15, -0.1) is 11.3 Å². The van der Waals surface area contributed by atoms with Crippen LogP contribution in [0.3, 0.4) is 0 Å². The van der Waals surface area contributed by atoms with Gasteiger partial charge in [-0.2, -0.15) is 0 Å². The van der Waals surface area contributed by atoms with Gasteiger partial charge in [-0.05, 0) is 38.6 Å². The van der Waals surface area contributed by atoms with Gasteiger partial charge < -0.3 is 5.11 Å². The van der Waals surface area contributed by atoms with E-state index in [1.165, 1.54) is 11.3 Å². The van der Waals surface area contributed by atoms with Crippen LogP contribution in [0, 0.1) is 5.92 Å². The van der Waals surface area contributed by atoms with Crippen LogP contribution in [0.25, 0.3) is 0 Å². The minimum atomic E-state index is 0.0757. The molecule has 1 aliphatic carbocycles. The highest BCUT2D eigenvalue weighted by Gasteiger charge is 2.25. The summed E-state index contributed by atoms with van der Waals surface area (Å²) in [6.45, 7) is 0.715. The number of hydrogen-bond donors (Lipinski definition) is 1. The minimum absolute atomic E-state index is 0.0757. The predicted molar refractivity (Wildman–Crippen MR) is 81.0 cm³/mol. The molecular weight excluding hydrogens is 274 g/mol. The van der Waals surface area contributed by atoms with E-state index in [4.69, 9.17) is 5.11 Å². The zero-order valence-electron chi connectivity index (χ0n) is 12.2. The fraction of sp³-hybridized carbons (Fsp3) is 0.714. The Balaban J connectivity index is 1.82. The van der Waals surface area contributed by atoms with Crippen molar-refractivity contribution in [3.63, 3.8) is 0 Å². The van der Waals surface area contributed by atoms with Gasteiger partial charge in [0.25, 0.3) is 0 Å². The molecule has 0 unspecified atom stereocenters. The normalized spacial score (nSPS) is 23.0. The van der Waals surface area contributed by atoms with Gasteiger partial charge >= 0.3 is 0 Å². The van der Waals surface area contributed by atoms with Crippen LogP contribution in [0.2, 0.25) is 0 Å².